The van der Waals surface area contributed by atoms with Crippen LogP contribution in [-0.4, -0.2) is 18.5 Å². The molecule has 1 unspecified atom stereocenters. The Morgan fingerprint density at radius 2 is 1.91 bits per heavy atom. The average molecular weight is 325 g/mol. The van der Waals surface area contributed by atoms with E-state index in [9.17, 15) is 4.79 Å². The molecule has 0 aromatic heterocycles. The van der Waals surface area contributed by atoms with Gasteiger partial charge in [0.1, 0.15) is 0 Å². The number of halogens is 1. The Labute approximate surface area is 140 Å². The van der Waals surface area contributed by atoms with E-state index in [4.69, 9.17) is 5.73 Å². The molecular weight excluding hydrogens is 296 g/mol. The lowest BCUT2D eigenvalue weighted by atomic mass is 9.90. The molecule has 1 aliphatic rings. The highest BCUT2D eigenvalue weighted by molar-refractivity contribution is 5.85. The van der Waals surface area contributed by atoms with Gasteiger partial charge < -0.3 is 11.1 Å². The van der Waals surface area contributed by atoms with Crippen LogP contribution in [0.2, 0.25) is 0 Å². The number of hydrogen-bond donors (Lipinski definition) is 2. The zero-order chi connectivity index (χ0) is 15.2. The Hall–Kier alpha value is -1.06. The van der Waals surface area contributed by atoms with Gasteiger partial charge in [0.2, 0.25) is 5.91 Å². The summed E-state index contributed by atoms with van der Waals surface area (Å²) in [6.07, 6.45) is 6.30. The summed E-state index contributed by atoms with van der Waals surface area (Å²) < 4.78 is 0. The van der Waals surface area contributed by atoms with Crippen molar-refractivity contribution in [2.45, 2.75) is 58.4 Å². The third-order valence-corrected chi connectivity index (χ3v) is 4.18. The maximum Gasteiger partial charge on any atom is 0.224 e. The molecule has 0 fully saturated rings. The molecule has 4 heteroatoms. The van der Waals surface area contributed by atoms with Crippen LogP contribution < -0.4 is 11.1 Å². The lowest BCUT2D eigenvalue weighted by Gasteiger charge is -2.19. The third-order valence-electron chi connectivity index (χ3n) is 4.18. The van der Waals surface area contributed by atoms with Gasteiger partial charge in [-0.1, -0.05) is 32.0 Å². The van der Waals surface area contributed by atoms with Crippen LogP contribution in [0.4, 0.5) is 0 Å². The number of hydrogen-bond acceptors (Lipinski definition) is 2. The highest BCUT2D eigenvalue weighted by atomic mass is 35.5. The summed E-state index contributed by atoms with van der Waals surface area (Å²) >= 11 is 0. The molecule has 2 rings (SSSR count). The van der Waals surface area contributed by atoms with Crippen molar-refractivity contribution < 1.29 is 4.79 Å². The van der Waals surface area contributed by atoms with E-state index in [1.54, 1.807) is 0 Å². The van der Waals surface area contributed by atoms with E-state index in [1.807, 2.05) is 0 Å². The van der Waals surface area contributed by atoms with Crippen LogP contribution in [-0.2, 0) is 24.1 Å². The first-order valence-corrected chi connectivity index (χ1v) is 8.18. The fourth-order valence-electron chi connectivity index (χ4n) is 3.14. The second kappa shape index (κ2) is 9.16. The molecule has 0 saturated carbocycles. The number of carbonyl (C=O) groups excluding carboxylic acids is 1. The van der Waals surface area contributed by atoms with Crippen LogP contribution in [0.5, 0.6) is 0 Å². The number of carbonyl (C=O) groups is 1. The predicted molar refractivity (Wildman–Crippen MR) is 94.5 cm³/mol. The van der Waals surface area contributed by atoms with E-state index in [-0.39, 0.29) is 24.4 Å². The number of amides is 1. The quantitative estimate of drug-likeness (QED) is 0.845. The summed E-state index contributed by atoms with van der Waals surface area (Å²) in [4.78, 5) is 12.2. The van der Waals surface area contributed by atoms with Crippen molar-refractivity contribution in [1.29, 1.82) is 0 Å². The van der Waals surface area contributed by atoms with Crippen molar-refractivity contribution in [3.8, 4) is 0 Å². The van der Waals surface area contributed by atoms with Crippen LogP contribution in [0.25, 0.3) is 0 Å². The van der Waals surface area contributed by atoms with E-state index < -0.39 is 0 Å². The van der Waals surface area contributed by atoms with E-state index in [0.717, 1.165) is 18.4 Å². The largest absolute Gasteiger partial charge is 0.352 e. The molecule has 0 aliphatic heterocycles. The van der Waals surface area contributed by atoms with Crippen molar-refractivity contribution >= 4 is 18.3 Å². The highest BCUT2D eigenvalue weighted by Gasteiger charge is 2.14. The molecule has 0 radical (unpaired) electrons. The van der Waals surface area contributed by atoms with E-state index in [0.29, 0.717) is 18.9 Å². The lowest BCUT2D eigenvalue weighted by Crippen LogP contribution is -2.41. The van der Waals surface area contributed by atoms with Crippen LogP contribution in [0.1, 0.15) is 49.8 Å². The molecule has 1 aromatic rings. The number of aryl methyl sites for hydroxylation is 2. The maximum atomic E-state index is 12.2. The van der Waals surface area contributed by atoms with Gasteiger partial charge in [-0.15, -0.1) is 12.4 Å². The molecule has 0 saturated heterocycles. The van der Waals surface area contributed by atoms with Gasteiger partial charge in [-0.05, 0) is 54.7 Å². The van der Waals surface area contributed by atoms with Gasteiger partial charge in [0.05, 0.1) is 6.42 Å². The fourth-order valence-corrected chi connectivity index (χ4v) is 3.14. The van der Waals surface area contributed by atoms with E-state index in [1.165, 1.54) is 30.4 Å². The van der Waals surface area contributed by atoms with Gasteiger partial charge in [-0.3, -0.25) is 4.79 Å². The number of nitrogens with two attached hydrogens (primary N) is 1. The molecule has 124 valence electrons. The highest BCUT2D eigenvalue weighted by Crippen LogP contribution is 2.22. The summed E-state index contributed by atoms with van der Waals surface area (Å²) in [6, 6.07) is 6.61. The number of fused-ring (bicyclic) bond motifs is 1. The second-order valence-electron chi connectivity index (χ2n) is 6.62. The Balaban J connectivity index is 0.00000242. The summed E-state index contributed by atoms with van der Waals surface area (Å²) in [7, 11) is 0. The Morgan fingerprint density at radius 3 is 2.55 bits per heavy atom. The van der Waals surface area contributed by atoms with Crippen LogP contribution in [0.3, 0.4) is 0 Å². The number of nitrogens with one attached hydrogen (secondary N) is 1. The molecule has 3 nitrogen and oxygen atoms in total. The van der Waals surface area contributed by atoms with E-state index >= 15 is 0 Å². The molecular formula is C18H29ClN2O. The summed E-state index contributed by atoms with van der Waals surface area (Å²) in [5, 5.41) is 3.06. The zero-order valence-corrected chi connectivity index (χ0v) is 14.5. The van der Waals surface area contributed by atoms with Gasteiger partial charge in [-0.25, -0.2) is 0 Å². The monoisotopic (exact) mass is 324 g/mol. The summed E-state index contributed by atoms with van der Waals surface area (Å²) in [5.74, 6) is 0.629. The number of rotatable bonds is 6. The Bertz CT molecular complexity index is 488. The molecule has 3 N–H and O–H groups in total. The van der Waals surface area contributed by atoms with Crippen LogP contribution in [0.15, 0.2) is 18.2 Å². The molecule has 0 spiro atoms. The van der Waals surface area contributed by atoms with Gasteiger partial charge in [0.25, 0.3) is 0 Å². The lowest BCUT2D eigenvalue weighted by molar-refractivity contribution is -0.121. The van der Waals surface area contributed by atoms with Crippen LogP contribution >= 0.6 is 12.4 Å². The number of benzene rings is 1. The molecule has 1 amide bonds. The van der Waals surface area contributed by atoms with Gasteiger partial charge in [0, 0.05) is 12.6 Å². The van der Waals surface area contributed by atoms with Crippen LogP contribution in [0, 0.1) is 5.92 Å². The fraction of sp³-hybridized carbons (Fsp3) is 0.611. The summed E-state index contributed by atoms with van der Waals surface area (Å²) in [6.45, 7) is 4.81. The standard InChI is InChI=1S/C18H28N2O.ClH/c1-13(2)9-17(12-19)20-18(21)11-14-7-8-15-5-3-4-6-16(15)10-14;/h7-8,10,13,17H,3-6,9,11-12,19H2,1-2H3,(H,20,21);1H. The van der Waals surface area contributed by atoms with Crippen molar-refractivity contribution in [2.24, 2.45) is 11.7 Å². The van der Waals surface area contributed by atoms with Crippen molar-refractivity contribution in [1.82, 2.24) is 5.32 Å². The molecule has 0 heterocycles. The molecule has 1 aromatic carbocycles. The van der Waals surface area contributed by atoms with Gasteiger partial charge in [-0.2, -0.15) is 0 Å². The normalized spacial score (nSPS) is 14.9. The molecule has 1 atom stereocenters. The second-order valence-corrected chi connectivity index (χ2v) is 6.62. The minimum absolute atomic E-state index is 0. The van der Waals surface area contributed by atoms with Gasteiger partial charge in [0.15, 0.2) is 0 Å². The minimum Gasteiger partial charge on any atom is -0.352 e. The van der Waals surface area contributed by atoms with Crippen molar-refractivity contribution in [2.75, 3.05) is 6.54 Å². The molecule has 0 bridgehead atoms. The molecule has 1 aliphatic carbocycles. The van der Waals surface area contributed by atoms with Crippen molar-refractivity contribution in [3.63, 3.8) is 0 Å². The smallest absolute Gasteiger partial charge is 0.224 e. The zero-order valence-electron chi connectivity index (χ0n) is 13.7. The first kappa shape index (κ1) is 19.0. The van der Waals surface area contributed by atoms with E-state index in [2.05, 4.69) is 37.4 Å². The van der Waals surface area contributed by atoms with Gasteiger partial charge >= 0.3 is 0 Å². The van der Waals surface area contributed by atoms with Crippen molar-refractivity contribution in [3.05, 3.63) is 34.9 Å². The topological polar surface area (TPSA) is 55.1 Å². The molecule has 22 heavy (non-hydrogen) atoms. The first-order chi connectivity index (χ1) is 10.1. The first-order valence-electron chi connectivity index (χ1n) is 8.18. The predicted octanol–water partition coefficient (Wildman–Crippen LogP) is 3.02. The summed E-state index contributed by atoms with van der Waals surface area (Å²) in [5.41, 5.74) is 9.76. The third kappa shape index (κ3) is 5.62. The average Bonchev–Trinajstić information content (AvgIpc) is 2.45. The Kier molecular flexibility index (Phi) is 7.91. The minimum atomic E-state index is 0. The SMILES string of the molecule is CC(C)CC(CN)NC(=O)Cc1ccc2c(c1)CCCC2.Cl. The maximum absolute atomic E-state index is 12.2. The Morgan fingerprint density at radius 1 is 1.23 bits per heavy atom.